The van der Waals surface area contributed by atoms with Crippen LogP contribution in [0.15, 0.2) is 48.5 Å². The van der Waals surface area contributed by atoms with Gasteiger partial charge in [0.1, 0.15) is 11.4 Å². The number of imide groups is 1. The number of hydrogen-bond donors (Lipinski definition) is 1. The van der Waals surface area contributed by atoms with Crippen molar-refractivity contribution in [2.45, 2.75) is 38.8 Å². The van der Waals surface area contributed by atoms with E-state index in [0.717, 1.165) is 10.5 Å². The lowest BCUT2D eigenvalue weighted by molar-refractivity contribution is -0.131. The van der Waals surface area contributed by atoms with Crippen molar-refractivity contribution in [1.82, 2.24) is 10.2 Å². The molecule has 0 spiro atoms. The van der Waals surface area contributed by atoms with Crippen LogP contribution in [-0.4, -0.2) is 16.8 Å². The van der Waals surface area contributed by atoms with E-state index < -0.39 is 17.4 Å². The summed E-state index contributed by atoms with van der Waals surface area (Å²) in [5.74, 6) is -0.427. The molecule has 1 fully saturated rings. The Morgan fingerprint density at radius 1 is 1.08 bits per heavy atom. The van der Waals surface area contributed by atoms with E-state index in [2.05, 4.69) is 19.2 Å². The predicted molar refractivity (Wildman–Crippen MR) is 93.4 cm³/mol. The second-order valence-electron chi connectivity index (χ2n) is 6.81. The van der Waals surface area contributed by atoms with Crippen LogP contribution in [0.25, 0.3) is 0 Å². The third kappa shape index (κ3) is 3.02. The summed E-state index contributed by atoms with van der Waals surface area (Å²) in [6.45, 7) is 5.78. The van der Waals surface area contributed by atoms with Gasteiger partial charge in [-0.25, -0.2) is 9.18 Å². The van der Waals surface area contributed by atoms with E-state index in [9.17, 15) is 14.0 Å². The van der Waals surface area contributed by atoms with Gasteiger partial charge in [0, 0.05) is 5.56 Å². The molecule has 4 nitrogen and oxygen atoms in total. The molecule has 130 valence electrons. The highest BCUT2D eigenvalue weighted by molar-refractivity contribution is 6.07. The molecule has 5 heteroatoms. The van der Waals surface area contributed by atoms with E-state index in [1.807, 2.05) is 24.3 Å². The van der Waals surface area contributed by atoms with Crippen LogP contribution in [0.3, 0.4) is 0 Å². The molecule has 0 aliphatic carbocycles. The van der Waals surface area contributed by atoms with E-state index in [1.54, 1.807) is 25.1 Å². The molecule has 2 aromatic rings. The molecule has 0 aromatic heterocycles. The lowest BCUT2D eigenvalue weighted by Gasteiger charge is -2.23. The first-order chi connectivity index (χ1) is 11.8. The van der Waals surface area contributed by atoms with Crippen molar-refractivity contribution in [2.75, 3.05) is 0 Å². The minimum Gasteiger partial charge on any atom is -0.319 e. The molecule has 1 heterocycles. The zero-order valence-corrected chi connectivity index (χ0v) is 14.5. The van der Waals surface area contributed by atoms with Crippen molar-refractivity contribution < 1.29 is 14.0 Å². The topological polar surface area (TPSA) is 49.4 Å². The summed E-state index contributed by atoms with van der Waals surface area (Å²) in [5.41, 5.74) is 1.04. The standard InChI is InChI=1S/C20H21FN2O2/c1-13(2)14-8-10-16(11-9-14)20(3)18(24)23(19(25)22-20)12-15-6-4-5-7-17(15)21/h4-11,13H,12H2,1-3H3,(H,22,25). The molecule has 0 saturated carbocycles. The van der Waals surface area contributed by atoms with Crippen LogP contribution in [0.5, 0.6) is 0 Å². The van der Waals surface area contributed by atoms with Crippen LogP contribution < -0.4 is 5.32 Å². The zero-order chi connectivity index (χ0) is 18.2. The Labute approximate surface area is 146 Å². The zero-order valence-electron chi connectivity index (χ0n) is 14.5. The lowest BCUT2D eigenvalue weighted by Crippen LogP contribution is -2.40. The number of nitrogens with zero attached hydrogens (tertiary/aromatic N) is 1. The van der Waals surface area contributed by atoms with Gasteiger partial charge >= 0.3 is 6.03 Å². The maximum atomic E-state index is 13.9. The van der Waals surface area contributed by atoms with Gasteiger partial charge in [0.05, 0.1) is 6.54 Å². The molecule has 1 unspecified atom stereocenters. The monoisotopic (exact) mass is 340 g/mol. The second kappa shape index (κ2) is 6.31. The van der Waals surface area contributed by atoms with Gasteiger partial charge in [0.25, 0.3) is 5.91 Å². The molecule has 2 aromatic carbocycles. The van der Waals surface area contributed by atoms with Gasteiger partial charge in [-0.15, -0.1) is 0 Å². The molecule has 0 bridgehead atoms. The lowest BCUT2D eigenvalue weighted by atomic mass is 9.90. The number of benzene rings is 2. The number of hydrogen-bond acceptors (Lipinski definition) is 2. The predicted octanol–water partition coefficient (Wildman–Crippen LogP) is 3.92. The molecule has 3 amide bonds. The SMILES string of the molecule is CC(C)c1ccc(C2(C)NC(=O)N(Cc3ccccc3F)C2=O)cc1. The minimum absolute atomic E-state index is 0.0863. The molecular weight excluding hydrogens is 319 g/mol. The normalized spacial score (nSPS) is 20.3. The summed E-state index contributed by atoms with van der Waals surface area (Å²) >= 11 is 0. The molecule has 1 aliphatic heterocycles. The van der Waals surface area contributed by atoms with Crippen LogP contribution in [-0.2, 0) is 16.9 Å². The average molecular weight is 340 g/mol. The van der Waals surface area contributed by atoms with Crippen molar-refractivity contribution in [1.29, 1.82) is 0 Å². The Kier molecular flexibility index (Phi) is 4.33. The van der Waals surface area contributed by atoms with Crippen molar-refractivity contribution >= 4 is 11.9 Å². The van der Waals surface area contributed by atoms with E-state index in [-0.39, 0.29) is 12.5 Å². The van der Waals surface area contributed by atoms with Gasteiger partial charge in [-0.1, -0.05) is 56.3 Å². The maximum Gasteiger partial charge on any atom is 0.325 e. The van der Waals surface area contributed by atoms with Crippen LogP contribution >= 0.6 is 0 Å². The summed E-state index contributed by atoms with van der Waals surface area (Å²) in [6.07, 6.45) is 0. The molecule has 3 rings (SSSR count). The van der Waals surface area contributed by atoms with Crippen molar-refractivity contribution in [2.24, 2.45) is 0 Å². The molecule has 25 heavy (non-hydrogen) atoms. The highest BCUT2D eigenvalue weighted by atomic mass is 19.1. The maximum absolute atomic E-state index is 13.9. The first-order valence-electron chi connectivity index (χ1n) is 8.31. The molecule has 0 radical (unpaired) electrons. The Hall–Kier alpha value is -2.69. The van der Waals surface area contributed by atoms with Crippen molar-refractivity contribution in [3.63, 3.8) is 0 Å². The third-order valence-corrected chi connectivity index (χ3v) is 4.72. The number of amides is 3. The van der Waals surface area contributed by atoms with Gasteiger partial charge in [0.2, 0.25) is 0 Å². The second-order valence-corrected chi connectivity index (χ2v) is 6.81. The number of halogens is 1. The van der Waals surface area contributed by atoms with Gasteiger partial charge in [0.15, 0.2) is 0 Å². The first kappa shape index (κ1) is 17.1. The smallest absolute Gasteiger partial charge is 0.319 e. The van der Waals surface area contributed by atoms with Gasteiger partial charge in [-0.05, 0) is 30.0 Å². The Bertz CT molecular complexity index is 817. The largest absolute Gasteiger partial charge is 0.325 e. The molecule has 1 aliphatic rings. The van der Waals surface area contributed by atoms with Crippen LogP contribution in [0.2, 0.25) is 0 Å². The number of nitrogens with one attached hydrogen (secondary N) is 1. The number of carbonyl (C=O) groups is 2. The summed E-state index contributed by atoms with van der Waals surface area (Å²) in [4.78, 5) is 26.3. The van der Waals surface area contributed by atoms with Gasteiger partial charge in [-0.2, -0.15) is 0 Å². The fourth-order valence-corrected chi connectivity index (χ4v) is 3.03. The third-order valence-electron chi connectivity index (χ3n) is 4.72. The van der Waals surface area contributed by atoms with Crippen molar-refractivity contribution in [3.05, 3.63) is 71.0 Å². The Morgan fingerprint density at radius 2 is 1.72 bits per heavy atom. The summed E-state index contributed by atoms with van der Waals surface area (Å²) < 4.78 is 13.9. The molecule has 1 atom stereocenters. The van der Waals surface area contributed by atoms with E-state index in [0.29, 0.717) is 17.0 Å². The van der Waals surface area contributed by atoms with Crippen LogP contribution in [0.1, 0.15) is 43.4 Å². The minimum atomic E-state index is -1.14. The Morgan fingerprint density at radius 3 is 2.32 bits per heavy atom. The summed E-state index contributed by atoms with van der Waals surface area (Å²) in [6, 6.07) is 13.3. The quantitative estimate of drug-likeness (QED) is 0.858. The number of rotatable bonds is 4. The van der Waals surface area contributed by atoms with E-state index >= 15 is 0 Å². The summed E-state index contributed by atoms with van der Waals surface area (Å²) in [5, 5.41) is 2.75. The Balaban J connectivity index is 1.88. The highest BCUT2D eigenvalue weighted by Gasteiger charge is 2.49. The van der Waals surface area contributed by atoms with Gasteiger partial charge < -0.3 is 5.32 Å². The molecule has 1 N–H and O–H groups in total. The van der Waals surface area contributed by atoms with Crippen LogP contribution in [0, 0.1) is 5.82 Å². The number of urea groups is 1. The molecular formula is C20H21FN2O2. The average Bonchev–Trinajstić information content (AvgIpc) is 2.81. The highest BCUT2D eigenvalue weighted by Crippen LogP contribution is 2.31. The molecule has 1 saturated heterocycles. The van der Waals surface area contributed by atoms with Crippen LogP contribution in [0.4, 0.5) is 9.18 Å². The van der Waals surface area contributed by atoms with Gasteiger partial charge in [-0.3, -0.25) is 9.69 Å². The van der Waals surface area contributed by atoms with E-state index in [4.69, 9.17) is 0 Å². The van der Waals surface area contributed by atoms with Crippen molar-refractivity contribution in [3.8, 4) is 0 Å². The summed E-state index contributed by atoms with van der Waals surface area (Å²) in [7, 11) is 0. The fraction of sp³-hybridized carbons (Fsp3) is 0.300. The fourth-order valence-electron chi connectivity index (χ4n) is 3.03. The number of carbonyl (C=O) groups excluding carboxylic acids is 2. The first-order valence-corrected chi connectivity index (χ1v) is 8.31. The van der Waals surface area contributed by atoms with E-state index in [1.165, 1.54) is 6.07 Å².